The van der Waals surface area contributed by atoms with E-state index in [0.717, 1.165) is 5.56 Å². The van der Waals surface area contributed by atoms with Crippen LogP contribution in [0.2, 0.25) is 5.02 Å². The number of pyridine rings is 1. The number of halogens is 1. The van der Waals surface area contributed by atoms with Crippen molar-refractivity contribution in [3.05, 3.63) is 88.2 Å². The first-order valence-electron chi connectivity index (χ1n) is 11.2. The van der Waals surface area contributed by atoms with Crippen LogP contribution < -0.4 is 14.2 Å². The predicted molar refractivity (Wildman–Crippen MR) is 134 cm³/mol. The summed E-state index contributed by atoms with van der Waals surface area (Å²) in [6.07, 6.45) is 3.25. The molecule has 0 bridgehead atoms. The Morgan fingerprint density at radius 1 is 1.06 bits per heavy atom. The highest BCUT2D eigenvalue weighted by Gasteiger charge is 2.46. The standard InChI is InChI=1S/C27H25ClN2O6/c1-4-36-20-9-8-18(12-19(20)28)25(31)23-24(17-7-10-21(34-2)22(13-17)35-3)30(27(33)26(23)32)15-16-6-5-11-29-14-16/h5-14,24,31H,4,15H2,1-3H3/t24-/m0/s1. The highest BCUT2D eigenvalue weighted by molar-refractivity contribution is 6.46. The average molecular weight is 509 g/mol. The van der Waals surface area contributed by atoms with Gasteiger partial charge in [-0.15, -0.1) is 0 Å². The minimum atomic E-state index is -0.893. The summed E-state index contributed by atoms with van der Waals surface area (Å²) in [4.78, 5) is 32.0. The van der Waals surface area contributed by atoms with E-state index in [-0.39, 0.29) is 28.5 Å². The summed E-state index contributed by atoms with van der Waals surface area (Å²) in [5, 5.41) is 11.6. The molecule has 1 aliphatic heterocycles. The maximum Gasteiger partial charge on any atom is 0.295 e. The van der Waals surface area contributed by atoms with Gasteiger partial charge in [-0.05, 0) is 54.4 Å². The van der Waals surface area contributed by atoms with E-state index in [1.807, 2.05) is 13.0 Å². The Bertz CT molecular complexity index is 1330. The Labute approximate surface area is 213 Å². The van der Waals surface area contributed by atoms with Crippen molar-refractivity contribution in [2.24, 2.45) is 0 Å². The van der Waals surface area contributed by atoms with Gasteiger partial charge in [0.2, 0.25) is 0 Å². The Balaban J connectivity index is 1.88. The van der Waals surface area contributed by atoms with Crippen LogP contribution in [0, 0.1) is 0 Å². The van der Waals surface area contributed by atoms with Crippen LogP contribution in [0.1, 0.15) is 29.7 Å². The highest BCUT2D eigenvalue weighted by atomic mass is 35.5. The summed E-state index contributed by atoms with van der Waals surface area (Å²) in [5.74, 6) is -0.524. The summed E-state index contributed by atoms with van der Waals surface area (Å²) in [5.41, 5.74) is 1.52. The van der Waals surface area contributed by atoms with Crippen LogP contribution in [0.3, 0.4) is 0 Å². The second-order valence-electron chi connectivity index (χ2n) is 7.98. The molecule has 2 heterocycles. The molecule has 36 heavy (non-hydrogen) atoms. The van der Waals surface area contributed by atoms with Crippen molar-refractivity contribution in [1.82, 2.24) is 9.88 Å². The van der Waals surface area contributed by atoms with E-state index in [4.69, 9.17) is 25.8 Å². The van der Waals surface area contributed by atoms with Gasteiger partial charge in [0.1, 0.15) is 11.5 Å². The number of rotatable bonds is 8. The van der Waals surface area contributed by atoms with E-state index in [2.05, 4.69) is 4.98 Å². The van der Waals surface area contributed by atoms with E-state index >= 15 is 0 Å². The van der Waals surface area contributed by atoms with Gasteiger partial charge in [0.15, 0.2) is 11.5 Å². The van der Waals surface area contributed by atoms with Crippen molar-refractivity contribution in [3.8, 4) is 17.2 Å². The Hall–Kier alpha value is -4.04. The van der Waals surface area contributed by atoms with E-state index < -0.39 is 17.7 Å². The maximum atomic E-state index is 13.3. The molecule has 0 saturated carbocycles. The first-order chi connectivity index (χ1) is 17.4. The first kappa shape index (κ1) is 25.1. The number of likely N-dealkylation sites (tertiary alicyclic amines) is 1. The number of Topliss-reactive ketones (excluding diaryl/α,β-unsaturated/α-hetero) is 1. The number of aliphatic hydroxyl groups excluding tert-OH is 1. The maximum absolute atomic E-state index is 13.3. The number of ether oxygens (including phenoxy) is 3. The molecular formula is C27H25ClN2O6. The third-order valence-corrected chi connectivity index (χ3v) is 6.14. The number of ketones is 1. The summed E-state index contributed by atoms with van der Waals surface area (Å²) in [7, 11) is 3.01. The minimum absolute atomic E-state index is 0.0589. The van der Waals surface area contributed by atoms with Crippen LogP contribution in [-0.4, -0.2) is 47.5 Å². The Kier molecular flexibility index (Phi) is 7.45. The molecule has 0 radical (unpaired) electrons. The monoisotopic (exact) mass is 508 g/mol. The predicted octanol–water partition coefficient (Wildman–Crippen LogP) is 4.77. The van der Waals surface area contributed by atoms with Crippen molar-refractivity contribution < 1.29 is 28.9 Å². The molecule has 4 rings (SSSR count). The molecule has 1 aliphatic rings. The zero-order valence-corrected chi connectivity index (χ0v) is 20.8. The van der Waals surface area contributed by atoms with E-state index in [1.165, 1.54) is 25.2 Å². The van der Waals surface area contributed by atoms with E-state index in [1.54, 1.807) is 48.8 Å². The third-order valence-electron chi connectivity index (χ3n) is 5.84. The number of carbonyl (C=O) groups excluding carboxylic acids is 2. The molecule has 2 aromatic carbocycles. The fourth-order valence-electron chi connectivity index (χ4n) is 4.18. The zero-order valence-electron chi connectivity index (χ0n) is 20.0. The first-order valence-corrected chi connectivity index (χ1v) is 11.6. The van der Waals surface area contributed by atoms with Gasteiger partial charge in [0.25, 0.3) is 11.7 Å². The molecule has 186 valence electrons. The molecule has 1 aromatic heterocycles. The molecule has 3 aromatic rings. The van der Waals surface area contributed by atoms with Crippen LogP contribution in [0.15, 0.2) is 66.5 Å². The second kappa shape index (κ2) is 10.7. The Morgan fingerprint density at radius 2 is 1.81 bits per heavy atom. The highest BCUT2D eigenvalue weighted by Crippen LogP contribution is 2.43. The summed E-state index contributed by atoms with van der Waals surface area (Å²) in [6.45, 7) is 2.36. The SMILES string of the molecule is CCOc1ccc(C(O)=C2C(=O)C(=O)N(Cc3cccnc3)[C@H]2c2ccc(OC)c(OC)c2)cc1Cl. The fourth-order valence-corrected chi connectivity index (χ4v) is 4.41. The zero-order chi connectivity index (χ0) is 25.8. The van der Waals surface area contributed by atoms with Gasteiger partial charge in [-0.1, -0.05) is 23.7 Å². The number of benzene rings is 2. The van der Waals surface area contributed by atoms with Crippen LogP contribution in [-0.2, 0) is 16.1 Å². The molecule has 8 nitrogen and oxygen atoms in total. The van der Waals surface area contributed by atoms with Crippen LogP contribution in [0.4, 0.5) is 0 Å². The van der Waals surface area contributed by atoms with Crippen molar-refractivity contribution in [1.29, 1.82) is 0 Å². The molecule has 1 fully saturated rings. The largest absolute Gasteiger partial charge is 0.507 e. The minimum Gasteiger partial charge on any atom is -0.507 e. The van der Waals surface area contributed by atoms with Gasteiger partial charge >= 0.3 is 0 Å². The van der Waals surface area contributed by atoms with Gasteiger partial charge in [-0.3, -0.25) is 14.6 Å². The van der Waals surface area contributed by atoms with Crippen LogP contribution in [0.25, 0.3) is 5.76 Å². The van der Waals surface area contributed by atoms with Gasteiger partial charge < -0.3 is 24.2 Å². The molecule has 1 amide bonds. The number of carbonyl (C=O) groups is 2. The van der Waals surface area contributed by atoms with Crippen LogP contribution in [0.5, 0.6) is 17.2 Å². The number of aromatic nitrogens is 1. The molecule has 0 spiro atoms. The normalized spacial score (nSPS) is 16.8. The van der Waals surface area contributed by atoms with Gasteiger partial charge in [0.05, 0.1) is 37.5 Å². The second-order valence-corrected chi connectivity index (χ2v) is 8.39. The lowest BCUT2D eigenvalue weighted by molar-refractivity contribution is -0.140. The van der Waals surface area contributed by atoms with E-state index in [0.29, 0.717) is 29.4 Å². The Morgan fingerprint density at radius 3 is 2.44 bits per heavy atom. The van der Waals surface area contributed by atoms with E-state index in [9.17, 15) is 14.7 Å². The fraction of sp³-hybridized carbons (Fsp3) is 0.222. The number of aliphatic hydroxyl groups is 1. The number of hydrogen-bond donors (Lipinski definition) is 1. The average Bonchev–Trinajstić information content (AvgIpc) is 3.14. The molecule has 1 N–H and O–H groups in total. The molecular weight excluding hydrogens is 484 g/mol. The summed E-state index contributed by atoms with van der Waals surface area (Å²) in [6, 6.07) is 12.5. The molecule has 0 unspecified atom stereocenters. The quantitative estimate of drug-likeness (QED) is 0.266. The van der Waals surface area contributed by atoms with Crippen molar-refractivity contribution in [2.45, 2.75) is 19.5 Å². The molecule has 9 heteroatoms. The lowest BCUT2D eigenvalue weighted by Crippen LogP contribution is -2.29. The molecule has 1 atom stereocenters. The number of hydrogen-bond acceptors (Lipinski definition) is 7. The van der Waals surface area contributed by atoms with Crippen LogP contribution >= 0.6 is 11.6 Å². The smallest absolute Gasteiger partial charge is 0.295 e. The lowest BCUT2D eigenvalue weighted by Gasteiger charge is -2.26. The summed E-state index contributed by atoms with van der Waals surface area (Å²) >= 11 is 6.33. The topological polar surface area (TPSA) is 98.2 Å². The van der Waals surface area contributed by atoms with Gasteiger partial charge in [-0.25, -0.2) is 0 Å². The van der Waals surface area contributed by atoms with Gasteiger partial charge in [-0.2, -0.15) is 0 Å². The molecule has 1 saturated heterocycles. The van der Waals surface area contributed by atoms with Crippen molar-refractivity contribution in [2.75, 3.05) is 20.8 Å². The van der Waals surface area contributed by atoms with Crippen molar-refractivity contribution >= 4 is 29.1 Å². The molecule has 0 aliphatic carbocycles. The summed E-state index contributed by atoms with van der Waals surface area (Å²) < 4.78 is 16.2. The number of amides is 1. The van der Waals surface area contributed by atoms with Gasteiger partial charge in [0, 0.05) is 24.5 Å². The third kappa shape index (κ3) is 4.72. The van der Waals surface area contributed by atoms with Crippen molar-refractivity contribution in [3.63, 3.8) is 0 Å². The number of methoxy groups -OCH3 is 2. The number of nitrogens with zero attached hydrogens (tertiary/aromatic N) is 2. The lowest BCUT2D eigenvalue weighted by atomic mass is 9.94.